The van der Waals surface area contributed by atoms with Gasteiger partial charge in [-0.2, -0.15) is 15.7 Å². The Morgan fingerprint density at radius 2 is 1.84 bits per heavy atom. The molecule has 0 spiro atoms. The maximum atomic E-state index is 14.3. The molecule has 1 aliphatic heterocycles. The van der Waals surface area contributed by atoms with Gasteiger partial charge >= 0.3 is 6.03 Å². The van der Waals surface area contributed by atoms with Crippen LogP contribution in [0.1, 0.15) is 31.0 Å². The van der Waals surface area contributed by atoms with Gasteiger partial charge in [0.05, 0.1) is 41.7 Å². The van der Waals surface area contributed by atoms with Gasteiger partial charge in [-0.05, 0) is 68.7 Å². The molecule has 43 heavy (non-hydrogen) atoms. The minimum Gasteiger partial charge on any atom is -0.377 e. The molecule has 226 valence electrons. The van der Waals surface area contributed by atoms with Crippen LogP contribution < -0.4 is 15.5 Å². The van der Waals surface area contributed by atoms with E-state index in [9.17, 15) is 18.3 Å². The number of amides is 2. The van der Waals surface area contributed by atoms with E-state index >= 15 is 0 Å². The van der Waals surface area contributed by atoms with Gasteiger partial charge in [-0.15, -0.1) is 0 Å². The number of morpholine rings is 1. The van der Waals surface area contributed by atoms with Crippen LogP contribution in [0, 0.1) is 12.7 Å². The molecule has 11 nitrogen and oxygen atoms in total. The van der Waals surface area contributed by atoms with E-state index in [4.69, 9.17) is 14.7 Å². The predicted octanol–water partition coefficient (Wildman–Crippen LogP) is 5.99. The fourth-order valence-electron chi connectivity index (χ4n) is 5.38. The molecule has 2 amide bonds. The average molecular weight is 608 g/mol. The first-order valence-corrected chi connectivity index (χ1v) is 15.6. The molecule has 2 aromatic carbocycles. The molecule has 1 aliphatic carbocycles. The Hall–Kier alpha value is -4.04. The van der Waals surface area contributed by atoms with E-state index in [0.717, 1.165) is 0 Å². The van der Waals surface area contributed by atoms with Crippen LogP contribution in [0.5, 0.6) is 0 Å². The Labute approximate surface area is 250 Å². The third kappa shape index (κ3) is 5.68. The molecule has 2 aromatic heterocycles. The summed E-state index contributed by atoms with van der Waals surface area (Å²) in [5, 5.41) is 9.57. The number of aryl methyl sites for hydroxylation is 2. The normalized spacial score (nSPS) is 18.3. The number of rotatable bonds is 7. The Bertz CT molecular complexity index is 1660. The highest BCUT2D eigenvalue weighted by Crippen LogP contribution is 2.75. The first-order valence-electron chi connectivity index (χ1n) is 14.0. The number of ether oxygens (including phenoxy) is 1. The Morgan fingerprint density at radius 1 is 1.09 bits per heavy atom. The van der Waals surface area contributed by atoms with E-state index in [2.05, 4.69) is 20.6 Å². The van der Waals surface area contributed by atoms with Crippen LogP contribution in [-0.2, 0) is 16.5 Å². The van der Waals surface area contributed by atoms with Gasteiger partial charge in [-0.3, -0.25) is 13.8 Å². The number of hydrogen-bond donors (Lipinski definition) is 4. The molecular weight excluding hydrogens is 573 g/mol. The van der Waals surface area contributed by atoms with Gasteiger partial charge in [0.25, 0.3) is 0 Å². The summed E-state index contributed by atoms with van der Waals surface area (Å²) in [5.74, 6) is 0.548. The lowest BCUT2D eigenvalue weighted by Crippen LogP contribution is -2.44. The van der Waals surface area contributed by atoms with Crippen molar-refractivity contribution < 1.29 is 23.0 Å². The van der Waals surface area contributed by atoms with E-state index in [-0.39, 0.29) is 10.9 Å². The summed E-state index contributed by atoms with van der Waals surface area (Å²) in [6.07, 6.45) is 4.23. The summed E-state index contributed by atoms with van der Waals surface area (Å²) in [6.45, 7) is 5.51. The SMILES string of the molecule is Cc1ccc(F)cc1S(O)(O)C1(c2cc(N3CCOC[C@@H]3C)nc(-c3ccc(NC(=O)Nc4cnn(C)c4)cc3)n2)CC1. The van der Waals surface area contributed by atoms with Crippen molar-refractivity contribution in [3.63, 3.8) is 0 Å². The van der Waals surface area contributed by atoms with Crippen LogP contribution >= 0.6 is 10.6 Å². The number of carbonyl (C=O) groups is 1. The van der Waals surface area contributed by atoms with Crippen molar-refractivity contribution in [3.05, 3.63) is 78.0 Å². The van der Waals surface area contributed by atoms with Gasteiger partial charge in [-0.25, -0.2) is 19.2 Å². The lowest BCUT2D eigenvalue weighted by Gasteiger charge is -2.42. The summed E-state index contributed by atoms with van der Waals surface area (Å²) in [7, 11) is -1.71. The Balaban J connectivity index is 1.34. The van der Waals surface area contributed by atoms with Crippen LogP contribution in [-0.4, -0.2) is 60.7 Å². The largest absolute Gasteiger partial charge is 0.377 e. The lowest BCUT2D eigenvalue weighted by molar-refractivity contribution is 0.0985. The van der Waals surface area contributed by atoms with Crippen LogP contribution in [0.3, 0.4) is 0 Å². The smallest absolute Gasteiger partial charge is 0.323 e. The fourth-order valence-corrected chi connectivity index (χ4v) is 7.67. The molecule has 0 unspecified atom stereocenters. The third-order valence-corrected chi connectivity index (χ3v) is 10.7. The van der Waals surface area contributed by atoms with E-state index in [1.807, 2.05) is 13.0 Å². The van der Waals surface area contributed by atoms with E-state index in [1.54, 1.807) is 61.4 Å². The topological polar surface area (TPSA) is 138 Å². The van der Waals surface area contributed by atoms with Crippen LogP contribution in [0.15, 0.2) is 65.8 Å². The zero-order valence-corrected chi connectivity index (χ0v) is 24.9. The molecule has 13 heteroatoms. The summed E-state index contributed by atoms with van der Waals surface area (Å²) < 4.78 is 43.8. The van der Waals surface area contributed by atoms with Crippen LogP contribution in [0.25, 0.3) is 11.4 Å². The van der Waals surface area contributed by atoms with Crippen LogP contribution in [0.4, 0.5) is 26.4 Å². The van der Waals surface area contributed by atoms with Crippen LogP contribution in [0.2, 0.25) is 0 Å². The minimum atomic E-state index is -3.47. The standard InChI is InChI=1S/C30H34FN7O4S/c1-19-4-7-22(31)14-25(19)43(40,41)30(10-11-30)26-15-27(38-12-13-42-18-20(38)2)36-28(35-26)21-5-8-23(9-6-21)33-29(39)34-24-16-32-37(3)17-24/h4-9,14-17,20,40-41H,10-13,18H2,1-3H3,(H2,33,34,39)/t20-/m0/s1. The monoisotopic (exact) mass is 607 g/mol. The summed E-state index contributed by atoms with van der Waals surface area (Å²) in [4.78, 5) is 24.5. The molecule has 0 bridgehead atoms. The van der Waals surface area contributed by atoms with E-state index < -0.39 is 27.2 Å². The predicted molar refractivity (Wildman–Crippen MR) is 164 cm³/mol. The van der Waals surface area contributed by atoms with Gasteiger partial charge in [0, 0.05) is 37.1 Å². The molecular formula is C30H34FN7O4S. The molecule has 4 aromatic rings. The number of anilines is 3. The van der Waals surface area contributed by atoms with Crippen molar-refractivity contribution in [1.82, 2.24) is 19.7 Å². The highest BCUT2D eigenvalue weighted by Gasteiger charge is 2.58. The van der Waals surface area contributed by atoms with Gasteiger partial charge in [0.2, 0.25) is 0 Å². The average Bonchev–Trinajstić information content (AvgIpc) is 3.72. The first kappa shape index (κ1) is 29.1. The molecule has 2 aliphatic rings. The molecule has 2 fully saturated rings. The molecule has 6 rings (SSSR count). The molecule has 0 radical (unpaired) electrons. The molecule has 1 atom stereocenters. The molecule has 1 saturated carbocycles. The zero-order valence-electron chi connectivity index (χ0n) is 24.1. The number of urea groups is 1. The number of nitrogens with one attached hydrogen (secondary N) is 2. The highest BCUT2D eigenvalue weighted by molar-refractivity contribution is 8.25. The van der Waals surface area contributed by atoms with Crippen molar-refractivity contribution in [2.24, 2.45) is 7.05 Å². The molecule has 3 heterocycles. The second-order valence-electron chi connectivity index (χ2n) is 11.1. The van der Waals surface area contributed by atoms with E-state index in [1.165, 1.54) is 12.1 Å². The van der Waals surface area contributed by atoms with Gasteiger partial charge in [0.15, 0.2) is 5.82 Å². The van der Waals surface area contributed by atoms with Crippen molar-refractivity contribution in [3.8, 4) is 11.4 Å². The molecule has 1 saturated heterocycles. The number of halogens is 1. The third-order valence-electron chi connectivity index (χ3n) is 7.91. The lowest BCUT2D eigenvalue weighted by atomic mass is 10.1. The van der Waals surface area contributed by atoms with Crippen molar-refractivity contribution >= 4 is 33.8 Å². The van der Waals surface area contributed by atoms with Crippen molar-refractivity contribution in [1.29, 1.82) is 0 Å². The maximum absolute atomic E-state index is 14.3. The second-order valence-corrected chi connectivity index (χ2v) is 13.4. The van der Waals surface area contributed by atoms with Gasteiger partial charge in [-0.1, -0.05) is 6.07 Å². The molecule has 4 N–H and O–H groups in total. The van der Waals surface area contributed by atoms with Gasteiger partial charge < -0.3 is 20.3 Å². The summed E-state index contributed by atoms with van der Waals surface area (Å²) in [6, 6.07) is 12.7. The van der Waals surface area contributed by atoms with E-state index in [0.29, 0.717) is 72.4 Å². The summed E-state index contributed by atoms with van der Waals surface area (Å²) >= 11 is 0. The van der Waals surface area contributed by atoms with Gasteiger partial charge in [0.1, 0.15) is 16.4 Å². The van der Waals surface area contributed by atoms with Crippen molar-refractivity contribution in [2.45, 2.75) is 42.4 Å². The summed E-state index contributed by atoms with van der Waals surface area (Å²) in [5.41, 5.74) is 2.95. The minimum absolute atomic E-state index is 0.0511. The Kier molecular flexibility index (Phi) is 7.59. The highest BCUT2D eigenvalue weighted by atomic mass is 32.3. The number of carbonyl (C=O) groups excluding carboxylic acids is 1. The number of aromatic nitrogens is 4. The number of benzene rings is 2. The zero-order chi connectivity index (χ0) is 30.4. The number of nitrogens with zero attached hydrogens (tertiary/aromatic N) is 5. The quantitative estimate of drug-likeness (QED) is 0.201. The maximum Gasteiger partial charge on any atom is 0.323 e. The Morgan fingerprint density at radius 3 is 2.51 bits per heavy atom. The second kappa shape index (κ2) is 11.2. The van der Waals surface area contributed by atoms with Crippen molar-refractivity contribution in [2.75, 3.05) is 35.3 Å². The number of hydrogen-bond acceptors (Lipinski definition) is 8. The fraction of sp³-hybridized carbons (Fsp3) is 0.333. The first-order chi connectivity index (χ1) is 20.6.